The van der Waals surface area contributed by atoms with E-state index in [-0.39, 0.29) is 62.5 Å². The Morgan fingerprint density at radius 2 is 2.06 bits per heavy atom. The van der Waals surface area contributed by atoms with Gasteiger partial charge in [0.25, 0.3) is 0 Å². The minimum atomic E-state index is -0.942. The number of aromatic nitrogens is 2. The molecule has 7 rings (SSSR count). The fourth-order valence-corrected chi connectivity index (χ4v) is 8.79. The van der Waals surface area contributed by atoms with E-state index in [9.17, 15) is 13.6 Å². The zero-order valence-electron chi connectivity index (χ0n) is 26.1. The summed E-state index contributed by atoms with van der Waals surface area (Å²) in [4.78, 5) is 31.2. The number of rotatable bonds is 7. The van der Waals surface area contributed by atoms with Crippen molar-refractivity contribution in [2.24, 2.45) is 0 Å². The van der Waals surface area contributed by atoms with Crippen molar-refractivity contribution in [2.45, 2.75) is 56.4 Å². The van der Waals surface area contributed by atoms with Gasteiger partial charge in [-0.05, 0) is 56.5 Å². The number of halogens is 3. The maximum atomic E-state index is 16.8. The van der Waals surface area contributed by atoms with Crippen LogP contribution < -0.4 is 15.4 Å². The Balaban J connectivity index is 1.35. The molecule has 9 nitrogen and oxygen atoms in total. The molecule has 1 amide bonds. The van der Waals surface area contributed by atoms with Gasteiger partial charge < -0.3 is 20.3 Å². The van der Waals surface area contributed by atoms with E-state index in [0.717, 1.165) is 30.7 Å². The fraction of sp³-hybridized carbons (Fsp3) is 0.412. The molecule has 4 aromatic rings. The lowest BCUT2D eigenvalue weighted by atomic mass is 9.95. The largest absolute Gasteiger partial charge is 0.461 e. The molecule has 0 saturated carbocycles. The zero-order chi connectivity index (χ0) is 33.2. The van der Waals surface area contributed by atoms with Crippen molar-refractivity contribution < 1.29 is 22.7 Å². The van der Waals surface area contributed by atoms with Crippen LogP contribution in [0.4, 0.5) is 29.7 Å². The number of carbonyl (C=O) groups is 1. The van der Waals surface area contributed by atoms with Gasteiger partial charge in [-0.2, -0.15) is 9.97 Å². The number of likely N-dealkylation sites (tertiary alicyclic amines) is 1. The van der Waals surface area contributed by atoms with Crippen molar-refractivity contribution in [3.8, 4) is 17.1 Å². The summed E-state index contributed by atoms with van der Waals surface area (Å²) < 4.78 is 52.6. The first kappa shape index (κ1) is 31.2. The summed E-state index contributed by atoms with van der Waals surface area (Å²) >= 11 is 0.950. The molecule has 13 heteroatoms. The average molecular weight is 662 g/mol. The molecule has 1 unspecified atom stereocenters. The molecule has 0 spiro atoms. The molecule has 5 heterocycles. The number of carbonyl (C=O) groups excluding carboxylic acids is 1. The summed E-state index contributed by atoms with van der Waals surface area (Å²) in [5.74, 6) is -0.981. The summed E-state index contributed by atoms with van der Waals surface area (Å²) in [7, 11) is 1.85. The van der Waals surface area contributed by atoms with Gasteiger partial charge in [0.1, 0.15) is 29.9 Å². The van der Waals surface area contributed by atoms with Crippen LogP contribution in [0.2, 0.25) is 0 Å². The Labute approximate surface area is 274 Å². The lowest BCUT2D eigenvalue weighted by Gasteiger charge is -2.33. The number of amides is 1. The molecular weight excluding hydrogens is 627 g/mol. The van der Waals surface area contributed by atoms with E-state index in [0.29, 0.717) is 42.7 Å². The van der Waals surface area contributed by atoms with E-state index in [1.165, 1.54) is 18.2 Å². The van der Waals surface area contributed by atoms with Gasteiger partial charge in [-0.3, -0.25) is 9.69 Å². The van der Waals surface area contributed by atoms with Crippen molar-refractivity contribution in [1.82, 2.24) is 19.8 Å². The van der Waals surface area contributed by atoms with E-state index in [1.807, 2.05) is 18.9 Å². The predicted octanol–water partition coefficient (Wildman–Crippen LogP) is 6.49. The van der Waals surface area contributed by atoms with Crippen molar-refractivity contribution in [3.63, 3.8) is 0 Å². The third-order valence-corrected chi connectivity index (χ3v) is 11.2. The first-order valence-electron chi connectivity index (χ1n) is 15.6. The van der Waals surface area contributed by atoms with Crippen molar-refractivity contribution in [2.75, 3.05) is 43.9 Å². The Morgan fingerprint density at radius 3 is 2.83 bits per heavy atom. The second kappa shape index (κ2) is 11.7. The molecule has 47 heavy (non-hydrogen) atoms. The zero-order valence-corrected chi connectivity index (χ0v) is 26.9. The number of hydrogen-bond acceptors (Lipinski definition) is 8. The third-order valence-electron chi connectivity index (χ3n) is 10.2. The SMILES string of the molecule is [C-]#[N+]c1c(N)sc2c(F)ccc(-c3ccc4c(N(C)C5CCN(C(=O)C=C)[C@@H]5C)nc(OC[C@@]56CCCN5C[C@H](F)C6)nc4c3F)c12. The molecule has 3 fully saturated rings. The summed E-state index contributed by atoms with van der Waals surface area (Å²) in [6, 6.07) is 5.59. The number of hydrogen-bond donors (Lipinski definition) is 1. The van der Waals surface area contributed by atoms with Crippen LogP contribution in [0.15, 0.2) is 36.9 Å². The van der Waals surface area contributed by atoms with E-state index in [1.54, 1.807) is 17.0 Å². The van der Waals surface area contributed by atoms with Crippen LogP contribution in [-0.2, 0) is 4.79 Å². The molecular formula is C34H34F3N7O2S. The maximum Gasteiger partial charge on any atom is 0.319 e. The van der Waals surface area contributed by atoms with Gasteiger partial charge >= 0.3 is 6.01 Å². The normalized spacial score (nSPS) is 24.2. The van der Waals surface area contributed by atoms with Crippen LogP contribution in [0.3, 0.4) is 0 Å². The molecule has 0 aliphatic carbocycles. The maximum absolute atomic E-state index is 16.8. The molecule has 4 atom stereocenters. The fourth-order valence-electron chi connectivity index (χ4n) is 7.85. The lowest BCUT2D eigenvalue weighted by molar-refractivity contribution is -0.126. The number of nitrogen functional groups attached to an aromatic ring is 1. The number of nitrogens with zero attached hydrogens (tertiary/aromatic N) is 6. The number of alkyl halides is 1. The number of thiophene rings is 1. The minimum absolute atomic E-state index is 0.0142. The highest BCUT2D eigenvalue weighted by molar-refractivity contribution is 7.23. The van der Waals surface area contributed by atoms with E-state index in [2.05, 4.69) is 21.3 Å². The van der Waals surface area contributed by atoms with Gasteiger partial charge in [0.05, 0.1) is 27.9 Å². The van der Waals surface area contributed by atoms with E-state index < -0.39 is 23.3 Å². The van der Waals surface area contributed by atoms with Gasteiger partial charge in [0, 0.05) is 48.9 Å². The van der Waals surface area contributed by atoms with Crippen molar-refractivity contribution in [1.29, 1.82) is 0 Å². The van der Waals surface area contributed by atoms with Crippen LogP contribution in [-0.4, -0.2) is 82.8 Å². The topological polar surface area (TPSA) is 92.2 Å². The van der Waals surface area contributed by atoms with Gasteiger partial charge in [-0.15, -0.1) is 11.3 Å². The van der Waals surface area contributed by atoms with Crippen LogP contribution in [0, 0.1) is 18.2 Å². The van der Waals surface area contributed by atoms with Gasteiger partial charge in [-0.25, -0.2) is 18.0 Å². The number of likely N-dealkylation sites (N-methyl/N-ethyl adjacent to an activating group) is 1. The van der Waals surface area contributed by atoms with E-state index >= 15 is 4.39 Å². The minimum Gasteiger partial charge on any atom is -0.461 e. The smallest absolute Gasteiger partial charge is 0.319 e. The predicted molar refractivity (Wildman–Crippen MR) is 178 cm³/mol. The lowest BCUT2D eigenvalue weighted by Crippen LogP contribution is -2.44. The Hall–Kier alpha value is -4.41. The van der Waals surface area contributed by atoms with Crippen LogP contribution in [0.25, 0.3) is 37.0 Å². The molecule has 0 radical (unpaired) electrons. The molecule has 2 aromatic carbocycles. The monoisotopic (exact) mass is 661 g/mol. The molecule has 2 aromatic heterocycles. The summed E-state index contributed by atoms with van der Waals surface area (Å²) in [5, 5.41) is 0.820. The molecule has 3 saturated heterocycles. The van der Waals surface area contributed by atoms with Crippen molar-refractivity contribution >= 4 is 54.7 Å². The Kier molecular flexibility index (Phi) is 7.75. The first-order chi connectivity index (χ1) is 22.6. The number of benzene rings is 2. The van der Waals surface area contributed by atoms with Crippen LogP contribution in [0.1, 0.15) is 32.6 Å². The summed E-state index contributed by atoms with van der Waals surface area (Å²) in [5.41, 5.74) is 6.10. The summed E-state index contributed by atoms with van der Waals surface area (Å²) in [6.45, 7) is 15.1. The second-order valence-corrected chi connectivity index (χ2v) is 13.7. The highest BCUT2D eigenvalue weighted by Gasteiger charge is 2.49. The quantitative estimate of drug-likeness (QED) is 0.179. The van der Waals surface area contributed by atoms with Crippen LogP contribution >= 0.6 is 11.3 Å². The van der Waals surface area contributed by atoms with Gasteiger partial charge in [-0.1, -0.05) is 18.7 Å². The van der Waals surface area contributed by atoms with E-state index in [4.69, 9.17) is 22.0 Å². The second-order valence-electron chi connectivity index (χ2n) is 12.7. The standard InChI is InChI=1S/C34H34F3N7O2S/c1-5-25(45)44-14-11-24(18(44)2)42(4)32-22-8-7-21(20-9-10-23(36)30-26(20)29(39-3)31(38)47-30)27(37)28(22)40-33(41-32)46-17-34-12-6-13-43(34)16-19(35)15-34/h5,7-10,18-19,24H,1,6,11-17,38H2,2,4H3/t18-,19-,24?,34+/m1/s1. The number of nitrogens with two attached hydrogens (primary N) is 1. The first-order valence-corrected chi connectivity index (χ1v) is 16.4. The molecule has 2 N–H and O–H groups in total. The third kappa shape index (κ3) is 4.96. The Bertz CT molecular complexity index is 1980. The number of anilines is 2. The van der Waals surface area contributed by atoms with Gasteiger partial charge in [0.15, 0.2) is 5.82 Å². The number of fused-ring (bicyclic) bond motifs is 3. The number of ether oxygens (including phenoxy) is 1. The Morgan fingerprint density at radius 1 is 1.28 bits per heavy atom. The average Bonchev–Trinajstić information content (AvgIpc) is 3.80. The van der Waals surface area contributed by atoms with Crippen LogP contribution in [0.5, 0.6) is 6.01 Å². The van der Waals surface area contributed by atoms with Crippen molar-refractivity contribution in [3.05, 3.63) is 60.0 Å². The molecule has 244 valence electrons. The molecule has 3 aliphatic heterocycles. The molecule has 0 bridgehead atoms. The highest BCUT2D eigenvalue weighted by atomic mass is 32.1. The van der Waals surface area contributed by atoms with Gasteiger partial charge in [0.2, 0.25) is 11.6 Å². The summed E-state index contributed by atoms with van der Waals surface area (Å²) in [6.07, 6.45) is 3.08. The highest BCUT2D eigenvalue weighted by Crippen LogP contribution is 2.48. The molecule has 3 aliphatic rings.